The van der Waals surface area contributed by atoms with Crippen molar-refractivity contribution < 1.29 is 9.18 Å². The van der Waals surface area contributed by atoms with Crippen molar-refractivity contribution in [3.8, 4) is 0 Å². The van der Waals surface area contributed by atoms with Gasteiger partial charge in [0.25, 0.3) is 0 Å². The van der Waals surface area contributed by atoms with E-state index < -0.39 is 11.8 Å². The third-order valence-corrected chi connectivity index (χ3v) is 1.86. The van der Waals surface area contributed by atoms with E-state index in [4.69, 9.17) is 17.3 Å². The standard InChI is InChI=1S/C8H8ClFN2O.CH4S/c9-6-2-1-3-7(10)5(6)4-12-8(11)13;1-2/h1-3H,4H2,(H3,11,12,13);2H,1H3. The lowest BCUT2D eigenvalue weighted by Gasteiger charge is -2.05. The third-order valence-electron chi connectivity index (χ3n) is 1.50. The maximum atomic E-state index is 13.0. The zero-order chi connectivity index (χ0) is 11.8. The maximum absolute atomic E-state index is 13.0. The van der Waals surface area contributed by atoms with Crippen LogP contribution in [0.4, 0.5) is 9.18 Å². The molecule has 0 bridgehead atoms. The molecule has 0 saturated carbocycles. The highest BCUT2D eigenvalue weighted by Crippen LogP contribution is 2.18. The Kier molecular flexibility index (Phi) is 6.90. The summed E-state index contributed by atoms with van der Waals surface area (Å²) >= 11 is 9.21. The molecule has 3 N–H and O–H groups in total. The van der Waals surface area contributed by atoms with Crippen molar-refractivity contribution in [1.82, 2.24) is 5.32 Å². The van der Waals surface area contributed by atoms with E-state index in [1.165, 1.54) is 12.1 Å². The number of carbonyl (C=O) groups excluding carboxylic acids is 1. The molecule has 0 unspecified atom stereocenters. The van der Waals surface area contributed by atoms with Crippen LogP contribution in [0.2, 0.25) is 5.02 Å². The summed E-state index contributed by atoms with van der Waals surface area (Å²) in [6.07, 6.45) is 1.69. The number of primary amides is 1. The summed E-state index contributed by atoms with van der Waals surface area (Å²) in [5.41, 5.74) is 5.06. The minimum atomic E-state index is -0.709. The highest BCUT2D eigenvalue weighted by atomic mass is 35.5. The van der Waals surface area contributed by atoms with E-state index in [1.54, 1.807) is 12.3 Å². The zero-order valence-electron chi connectivity index (χ0n) is 8.13. The Labute approximate surface area is 98.2 Å². The second kappa shape index (κ2) is 7.36. The van der Waals surface area contributed by atoms with E-state index in [1.807, 2.05) is 0 Å². The molecule has 0 fully saturated rings. The fourth-order valence-corrected chi connectivity index (χ4v) is 1.11. The minimum absolute atomic E-state index is 0.000833. The van der Waals surface area contributed by atoms with Gasteiger partial charge < -0.3 is 11.1 Å². The molecular formula is C9H12ClFN2OS. The first kappa shape index (κ1) is 14.1. The predicted molar refractivity (Wildman–Crippen MR) is 62.7 cm³/mol. The summed E-state index contributed by atoms with van der Waals surface area (Å²) in [5.74, 6) is -0.457. The number of nitrogens with one attached hydrogen (secondary N) is 1. The number of hydrogen-bond acceptors (Lipinski definition) is 2. The molecule has 1 aromatic rings. The minimum Gasteiger partial charge on any atom is -0.352 e. The molecule has 0 aliphatic carbocycles. The summed E-state index contributed by atoms with van der Waals surface area (Å²) in [6.45, 7) is 0.000833. The van der Waals surface area contributed by atoms with Gasteiger partial charge in [0.05, 0.1) is 0 Å². The molecule has 0 aromatic heterocycles. The van der Waals surface area contributed by atoms with Crippen molar-refractivity contribution in [2.24, 2.45) is 5.73 Å². The average molecular weight is 251 g/mol. The quantitative estimate of drug-likeness (QED) is 0.693. The van der Waals surface area contributed by atoms with Gasteiger partial charge in [-0.3, -0.25) is 0 Å². The van der Waals surface area contributed by atoms with Crippen LogP contribution in [0.5, 0.6) is 0 Å². The Hall–Kier alpha value is -0.940. The van der Waals surface area contributed by atoms with Gasteiger partial charge in [-0.25, -0.2) is 9.18 Å². The second-order valence-electron chi connectivity index (χ2n) is 2.42. The molecule has 3 nitrogen and oxygen atoms in total. The molecule has 2 amide bonds. The van der Waals surface area contributed by atoms with Crippen molar-refractivity contribution in [3.05, 3.63) is 34.6 Å². The van der Waals surface area contributed by atoms with E-state index in [0.717, 1.165) is 0 Å². The zero-order valence-corrected chi connectivity index (χ0v) is 9.78. The number of amides is 2. The summed E-state index contributed by atoms with van der Waals surface area (Å²) < 4.78 is 13.0. The van der Waals surface area contributed by atoms with Crippen molar-refractivity contribution in [2.45, 2.75) is 6.54 Å². The number of urea groups is 1. The first-order valence-corrected chi connectivity index (χ1v) is 5.29. The maximum Gasteiger partial charge on any atom is 0.312 e. The smallest absolute Gasteiger partial charge is 0.312 e. The molecule has 0 heterocycles. The second-order valence-corrected chi connectivity index (χ2v) is 2.83. The number of nitrogens with two attached hydrogens (primary N) is 1. The molecule has 0 aliphatic rings. The van der Waals surface area contributed by atoms with Crippen LogP contribution in [0.3, 0.4) is 0 Å². The molecule has 15 heavy (non-hydrogen) atoms. The van der Waals surface area contributed by atoms with Crippen LogP contribution in [0.15, 0.2) is 18.2 Å². The highest BCUT2D eigenvalue weighted by Gasteiger charge is 2.06. The van der Waals surface area contributed by atoms with Gasteiger partial charge in [0.1, 0.15) is 5.82 Å². The molecule has 0 aliphatic heterocycles. The van der Waals surface area contributed by atoms with Crippen molar-refractivity contribution in [2.75, 3.05) is 6.26 Å². The molecule has 0 radical (unpaired) electrons. The molecule has 1 rings (SSSR count). The van der Waals surface area contributed by atoms with Gasteiger partial charge in [-0.05, 0) is 18.4 Å². The summed E-state index contributed by atoms with van der Waals surface area (Å²) in [6, 6.07) is 3.59. The average Bonchev–Trinajstić information content (AvgIpc) is 2.20. The highest BCUT2D eigenvalue weighted by molar-refractivity contribution is 7.79. The fraction of sp³-hybridized carbons (Fsp3) is 0.222. The molecule has 1 aromatic carbocycles. The van der Waals surface area contributed by atoms with E-state index in [2.05, 4.69) is 17.9 Å². The number of hydrogen-bond donors (Lipinski definition) is 3. The lowest BCUT2D eigenvalue weighted by Crippen LogP contribution is -2.29. The van der Waals surface area contributed by atoms with Crippen molar-refractivity contribution in [3.63, 3.8) is 0 Å². The van der Waals surface area contributed by atoms with Crippen LogP contribution in [-0.4, -0.2) is 12.3 Å². The van der Waals surface area contributed by atoms with Gasteiger partial charge in [0.2, 0.25) is 0 Å². The van der Waals surface area contributed by atoms with E-state index in [9.17, 15) is 9.18 Å². The van der Waals surface area contributed by atoms with Crippen LogP contribution in [0, 0.1) is 5.82 Å². The van der Waals surface area contributed by atoms with Gasteiger partial charge in [-0.15, -0.1) is 0 Å². The van der Waals surface area contributed by atoms with E-state index >= 15 is 0 Å². The molecule has 6 heteroatoms. The molecule has 0 spiro atoms. The topological polar surface area (TPSA) is 55.1 Å². The number of benzene rings is 1. The number of halogens is 2. The number of thiol groups is 1. The van der Waals surface area contributed by atoms with Crippen LogP contribution < -0.4 is 11.1 Å². The molecule has 84 valence electrons. The Morgan fingerprint density at radius 2 is 2.20 bits per heavy atom. The van der Waals surface area contributed by atoms with Gasteiger partial charge >= 0.3 is 6.03 Å². The Morgan fingerprint density at radius 3 is 2.67 bits per heavy atom. The molecule has 0 atom stereocenters. The predicted octanol–water partition coefficient (Wildman–Crippen LogP) is 2.19. The summed E-state index contributed by atoms with van der Waals surface area (Å²) in [5, 5.41) is 2.53. The lowest BCUT2D eigenvalue weighted by atomic mass is 10.2. The van der Waals surface area contributed by atoms with Gasteiger partial charge in [-0.1, -0.05) is 17.7 Å². The van der Waals surface area contributed by atoms with Crippen LogP contribution in [0.25, 0.3) is 0 Å². The lowest BCUT2D eigenvalue weighted by molar-refractivity contribution is 0.248. The van der Waals surface area contributed by atoms with Gasteiger partial charge in [0, 0.05) is 17.1 Å². The van der Waals surface area contributed by atoms with E-state index in [0.29, 0.717) is 0 Å². The number of rotatable bonds is 2. The third kappa shape index (κ3) is 4.90. The number of carbonyl (C=O) groups is 1. The van der Waals surface area contributed by atoms with Gasteiger partial charge in [0.15, 0.2) is 0 Å². The van der Waals surface area contributed by atoms with Crippen LogP contribution in [-0.2, 0) is 6.54 Å². The van der Waals surface area contributed by atoms with Crippen LogP contribution >= 0.6 is 24.2 Å². The molecular weight excluding hydrogens is 239 g/mol. The van der Waals surface area contributed by atoms with E-state index in [-0.39, 0.29) is 17.1 Å². The van der Waals surface area contributed by atoms with Crippen molar-refractivity contribution >= 4 is 30.3 Å². The summed E-state index contributed by atoms with van der Waals surface area (Å²) in [7, 11) is 0. The first-order valence-electron chi connectivity index (χ1n) is 4.02. The van der Waals surface area contributed by atoms with Gasteiger partial charge in [-0.2, -0.15) is 12.6 Å². The monoisotopic (exact) mass is 250 g/mol. The SMILES string of the molecule is CS.NC(=O)NCc1c(F)cccc1Cl. The van der Waals surface area contributed by atoms with Crippen molar-refractivity contribution in [1.29, 1.82) is 0 Å². The molecule has 0 saturated heterocycles. The summed E-state index contributed by atoms with van der Waals surface area (Å²) in [4.78, 5) is 10.3. The normalized spacial score (nSPS) is 8.80. The Balaban J connectivity index is 0.000000921. The fourth-order valence-electron chi connectivity index (χ4n) is 0.877. The Bertz CT molecular complexity index is 316. The van der Waals surface area contributed by atoms with Crippen LogP contribution in [0.1, 0.15) is 5.56 Å². The Morgan fingerprint density at radius 1 is 1.60 bits per heavy atom. The largest absolute Gasteiger partial charge is 0.352 e. The first-order chi connectivity index (χ1) is 7.11.